The number of amides is 1. The number of rotatable bonds is 5. The highest BCUT2D eigenvalue weighted by Gasteiger charge is 2.08. The summed E-state index contributed by atoms with van der Waals surface area (Å²) in [6, 6.07) is 16.1. The van der Waals surface area contributed by atoms with Crippen molar-refractivity contribution in [2.75, 3.05) is 16.8 Å². The molecule has 5 heteroatoms. The van der Waals surface area contributed by atoms with E-state index in [0.29, 0.717) is 17.1 Å². The van der Waals surface area contributed by atoms with Gasteiger partial charge < -0.3 is 11.1 Å². The van der Waals surface area contributed by atoms with Gasteiger partial charge in [-0.2, -0.15) is 0 Å². The van der Waals surface area contributed by atoms with Crippen molar-refractivity contribution >= 4 is 28.1 Å². The molecule has 0 aliphatic carbocycles. The summed E-state index contributed by atoms with van der Waals surface area (Å²) >= 11 is 0. The topological polar surface area (TPSA) is 72.2 Å². The van der Waals surface area contributed by atoms with Gasteiger partial charge in [0, 0.05) is 28.4 Å². The fraction of sp³-hybridized carbons (Fsp3) is 0.133. The van der Waals surface area contributed by atoms with Crippen LogP contribution >= 0.6 is 0 Å². The molecule has 0 heterocycles. The number of carbonyl (C=O) groups excluding carboxylic acids is 1. The Kier molecular flexibility index (Phi) is 4.90. The van der Waals surface area contributed by atoms with E-state index < -0.39 is 10.8 Å². The standard InChI is InChI=1S/C15H16N2O2S/c16-12-5-4-6-13(11-12)17-15(18)9-10-20(19)14-7-2-1-3-8-14/h1-8,11H,9-10,16H2,(H,17,18). The second-order valence-corrected chi connectivity index (χ2v) is 5.86. The van der Waals surface area contributed by atoms with Crippen LogP contribution < -0.4 is 11.1 Å². The monoisotopic (exact) mass is 288 g/mol. The predicted octanol–water partition coefficient (Wildman–Crippen LogP) is 2.41. The average Bonchev–Trinajstić information content (AvgIpc) is 2.46. The normalized spacial score (nSPS) is 11.8. The highest BCUT2D eigenvalue weighted by Crippen LogP contribution is 2.12. The first-order valence-electron chi connectivity index (χ1n) is 6.24. The summed E-state index contributed by atoms with van der Waals surface area (Å²) < 4.78 is 12.0. The van der Waals surface area contributed by atoms with Gasteiger partial charge in [0.2, 0.25) is 5.91 Å². The zero-order valence-corrected chi connectivity index (χ0v) is 11.7. The molecule has 1 unspecified atom stereocenters. The molecule has 1 atom stereocenters. The van der Waals surface area contributed by atoms with Crippen LogP contribution in [0.4, 0.5) is 11.4 Å². The summed E-state index contributed by atoms with van der Waals surface area (Å²) in [5.41, 5.74) is 6.88. The Bertz CT molecular complexity index is 614. The number of hydrogen-bond donors (Lipinski definition) is 2. The minimum Gasteiger partial charge on any atom is -0.399 e. The quantitative estimate of drug-likeness (QED) is 0.830. The lowest BCUT2D eigenvalue weighted by Gasteiger charge is -2.06. The number of nitrogens with one attached hydrogen (secondary N) is 1. The third kappa shape index (κ3) is 4.20. The molecule has 0 saturated heterocycles. The Morgan fingerprint density at radius 3 is 2.55 bits per heavy atom. The van der Waals surface area contributed by atoms with Crippen molar-refractivity contribution in [3.63, 3.8) is 0 Å². The summed E-state index contributed by atoms with van der Waals surface area (Å²) in [4.78, 5) is 12.5. The molecule has 3 N–H and O–H groups in total. The maximum absolute atomic E-state index is 12.0. The van der Waals surface area contributed by atoms with Crippen molar-refractivity contribution in [3.8, 4) is 0 Å². The van der Waals surface area contributed by atoms with Gasteiger partial charge in [0.05, 0.1) is 10.8 Å². The van der Waals surface area contributed by atoms with Crippen molar-refractivity contribution < 1.29 is 9.00 Å². The van der Waals surface area contributed by atoms with E-state index in [1.54, 1.807) is 36.4 Å². The Morgan fingerprint density at radius 2 is 1.85 bits per heavy atom. The molecule has 2 rings (SSSR count). The summed E-state index contributed by atoms with van der Waals surface area (Å²) in [5.74, 6) is 0.137. The van der Waals surface area contributed by atoms with Gasteiger partial charge in [-0.25, -0.2) is 0 Å². The summed E-state index contributed by atoms with van der Waals surface area (Å²) in [6.07, 6.45) is 0.205. The predicted molar refractivity (Wildman–Crippen MR) is 81.8 cm³/mol. The third-order valence-electron chi connectivity index (χ3n) is 2.69. The molecule has 4 nitrogen and oxygen atoms in total. The Labute approximate surface area is 120 Å². The molecule has 0 fully saturated rings. The van der Waals surface area contributed by atoms with Crippen LogP contribution in [-0.4, -0.2) is 15.9 Å². The molecule has 104 valence electrons. The van der Waals surface area contributed by atoms with E-state index in [0.717, 1.165) is 4.90 Å². The van der Waals surface area contributed by atoms with Crippen LogP contribution in [0.25, 0.3) is 0 Å². The van der Waals surface area contributed by atoms with Gasteiger partial charge in [-0.1, -0.05) is 24.3 Å². The molecule has 2 aromatic carbocycles. The van der Waals surface area contributed by atoms with Crippen molar-refractivity contribution in [3.05, 3.63) is 54.6 Å². The molecule has 0 aliphatic heterocycles. The van der Waals surface area contributed by atoms with Crippen LogP contribution in [0.1, 0.15) is 6.42 Å². The van der Waals surface area contributed by atoms with Crippen LogP contribution in [-0.2, 0) is 15.6 Å². The number of hydrogen-bond acceptors (Lipinski definition) is 3. The van der Waals surface area contributed by atoms with Crippen molar-refractivity contribution in [2.45, 2.75) is 11.3 Å². The Balaban J connectivity index is 1.85. The largest absolute Gasteiger partial charge is 0.399 e. The van der Waals surface area contributed by atoms with E-state index in [-0.39, 0.29) is 12.3 Å². The van der Waals surface area contributed by atoms with Crippen LogP contribution in [0.5, 0.6) is 0 Å². The van der Waals surface area contributed by atoms with Gasteiger partial charge in [0.25, 0.3) is 0 Å². The zero-order valence-electron chi connectivity index (χ0n) is 10.9. The van der Waals surface area contributed by atoms with E-state index in [1.165, 1.54) is 0 Å². The number of carbonyl (C=O) groups is 1. The lowest BCUT2D eigenvalue weighted by Crippen LogP contribution is -2.15. The second kappa shape index (κ2) is 6.86. The minimum atomic E-state index is -1.15. The fourth-order valence-corrected chi connectivity index (χ4v) is 2.78. The highest BCUT2D eigenvalue weighted by molar-refractivity contribution is 7.85. The van der Waals surface area contributed by atoms with E-state index in [9.17, 15) is 9.00 Å². The highest BCUT2D eigenvalue weighted by atomic mass is 32.2. The molecule has 0 aromatic heterocycles. The molecule has 2 aromatic rings. The van der Waals surface area contributed by atoms with Crippen molar-refractivity contribution in [1.82, 2.24) is 0 Å². The number of anilines is 2. The molecule has 0 bridgehead atoms. The number of benzene rings is 2. The van der Waals surface area contributed by atoms with Gasteiger partial charge in [-0.05, 0) is 30.3 Å². The second-order valence-electron chi connectivity index (χ2n) is 4.29. The van der Waals surface area contributed by atoms with Crippen molar-refractivity contribution in [1.29, 1.82) is 0 Å². The van der Waals surface area contributed by atoms with Gasteiger partial charge in [-0.15, -0.1) is 0 Å². The van der Waals surface area contributed by atoms with E-state index in [2.05, 4.69) is 5.32 Å². The summed E-state index contributed by atoms with van der Waals surface area (Å²) in [5, 5.41) is 2.74. The smallest absolute Gasteiger partial charge is 0.225 e. The van der Waals surface area contributed by atoms with Crippen LogP contribution in [0.3, 0.4) is 0 Å². The third-order valence-corrected chi connectivity index (χ3v) is 4.06. The van der Waals surface area contributed by atoms with Crippen LogP contribution in [0.2, 0.25) is 0 Å². The maximum atomic E-state index is 12.0. The SMILES string of the molecule is Nc1cccc(NC(=O)CCS(=O)c2ccccc2)c1. The molecule has 0 spiro atoms. The molecule has 1 amide bonds. The summed E-state index contributed by atoms with van der Waals surface area (Å²) in [7, 11) is -1.15. The number of nitrogens with two attached hydrogens (primary N) is 1. The molecule has 0 saturated carbocycles. The molecular formula is C15H16N2O2S. The van der Waals surface area contributed by atoms with Crippen molar-refractivity contribution in [2.24, 2.45) is 0 Å². The van der Waals surface area contributed by atoms with E-state index in [4.69, 9.17) is 5.73 Å². The maximum Gasteiger partial charge on any atom is 0.225 e. The summed E-state index contributed by atoms with van der Waals surface area (Å²) in [6.45, 7) is 0. The minimum absolute atomic E-state index is 0.167. The van der Waals surface area contributed by atoms with Crippen LogP contribution in [0.15, 0.2) is 59.5 Å². The van der Waals surface area contributed by atoms with Gasteiger partial charge in [-0.3, -0.25) is 9.00 Å². The zero-order chi connectivity index (χ0) is 14.4. The van der Waals surface area contributed by atoms with Gasteiger partial charge in [0.1, 0.15) is 0 Å². The van der Waals surface area contributed by atoms with Crippen LogP contribution in [0, 0.1) is 0 Å². The van der Waals surface area contributed by atoms with E-state index >= 15 is 0 Å². The molecule has 0 radical (unpaired) electrons. The molecular weight excluding hydrogens is 272 g/mol. The van der Waals surface area contributed by atoms with Gasteiger partial charge in [0.15, 0.2) is 0 Å². The Hall–Kier alpha value is -2.14. The average molecular weight is 288 g/mol. The molecule has 20 heavy (non-hydrogen) atoms. The fourth-order valence-electron chi connectivity index (χ4n) is 1.72. The number of nitrogen functional groups attached to an aromatic ring is 1. The lowest BCUT2D eigenvalue weighted by molar-refractivity contribution is -0.115. The van der Waals surface area contributed by atoms with Gasteiger partial charge >= 0.3 is 0 Å². The first-order valence-corrected chi connectivity index (χ1v) is 7.56. The Morgan fingerprint density at radius 1 is 1.10 bits per heavy atom. The first kappa shape index (κ1) is 14.3. The lowest BCUT2D eigenvalue weighted by atomic mass is 10.3. The first-order chi connectivity index (χ1) is 9.65. The van der Waals surface area contributed by atoms with E-state index in [1.807, 2.05) is 18.2 Å². The molecule has 0 aliphatic rings.